The predicted molar refractivity (Wildman–Crippen MR) is 75.5 cm³/mol. The molecule has 0 atom stereocenters. The summed E-state index contributed by atoms with van der Waals surface area (Å²) in [6.45, 7) is 1.73. The zero-order valence-corrected chi connectivity index (χ0v) is 11.7. The second-order valence-corrected chi connectivity index (χ2v) is 4.46. The summed E-state index contributed by atoms with van der Waals surface area (Å²) >= 11 is 0. The molecule has 0 fully saturated rings. The number of hydrogen-bond acceptors (Lipinski definition) is 5. The number of aryl methyl sites for hydroxylation is 1. The molecule has 110 valence electrons. The average molecular weight is 290 g/mol. The number of nitrogens with zero attached hydrogens (tertiary/aromatic N) is 1. The largest absolute Gasteiger partial charge is 0.497 e. The summed E-state index contributed by atoms with van der Waals surface area (Å²) in [5.41, 5.74) is 6.77. The molecular formula is C15H15FN2O3. The molecule has 0 aliphatic carbocycles. The van der Waals surface area contributed by atoms with Gasteiger partial charge in [0.05, 0.1) is 18.4 Å². The molecule has 6 heteroatoms. The molecule has 0 saturated carbocycles. The fourth-order valence-corrected chi connectivity index (χ4v) is 1.81. The van der Waals surface area contributed by atoms with Gasteiger partial charge in [0.1, 0.15) is 18.2 Å². The first-order valence-electron chi connectivity index (χ1n) is 6.23. The molecule has 0 bridgehead atoms. The molecular weight excluding hydrogens is 275 g/mol. The van der Waals surface area contributed by atoms with Gasteiger partial charge in [0.25, 0.3) is 0 Å². The average Bonchev–Trinajstić information content (AvgIpc) is 2.44. The quantitative estimate of drug-likeness (QED) is 0.691. The van der Waals surface area contributed by atoms with Crippen LogP contribution in [0.15, 0.2) is 30.3 Å². The normalized spacial score (nSPS) is 10.2. The van der Waals surface area contributed by atoms with Crippen LogP contribution in [-0.2, 0) is 11.3 Å². The van der Waals surface area contributed by atoms with Crippen LogP contribution in [0.4, 0.5) is 10.1 Å². The number of nitrogens with two attached hydrogens (primary N) is 1. The van der Waals surface area contributed by atoms with E-state index in [0.29, 0.717) is 11.4 Å². The van der Waals surface area contributed by atoms with E-state index in [9.17, 15) is 9.18 Å². The number of nitrogen functional groups attached to an aromatic ring is 1. The number of rotatable bonds is 4. The fourth-order valence-electron chi connectivity index (χ4n) is 1.81. The van der Waals surface area contributed by atoms with Gasteiger partial charge >= 0.3 is 5.97 Å². The molecule has 21 heavy (non-hydrogen) atoms. The molecule has 0 spiro atoms. The van der Waals surface area contributed by atoms with Gasteiger partial charge in [0.2, 0.25) is 0 Å². The Morgan fingerprint density at radius 2 is 2.10 bits per heavy atom. The third-order valence-electron chi connectivity index (χ3n) is 2.78. The fraction of sp³-hybridized carbons (Fsp3) is 0.200. The maximum Gasteiger partial charge on any atom is 0.341 e. The number of methoxy groups -OCH3 is 1. The summed E-state index contributed by atoms with van der Waals surface area (Å²) in [6, 6.07) is 7.21. The highest BCUT2D eigenvalue weighted by Crippen LogP contribution is 2.16. The van der Waals surface area contributed by atoms with Crippen molar-refractivity contribution in [3.8, 4) is 5.75 Å². The van der Waals surface area contributed by atoms with Crippen molar-refractivity contribution in [3.05, 3.63) is 53.1 Å². The van der Waals surface area contributed by atoms with Gasteiger partial charge < -0.3 is 15.2 Å². The Kier molecular flexibility index (Phi) is 4.37. The lowest BCUT2D eigenvalue weighted by Crippen LogP contribution is -2.09. The van der Waals surface area contributed by atoms with Crippen molar-refractivity contribution in [2.45, 2.75) is 13.5 Å². The number of benzene rings is 1. The highest BCUT2D eigenvalue weighted by Gasteiger charge is 2.14. The number of carbonyl (C=O) groups is 1. The number of esters is 1. The molecule has 2 aromatic rings. The summed E-state index contributed by atoms with van der Waals surface area (Å²) < 4.78 is 23.7. The minimum Gasteiger partial charge on any atom is -0.497 e. The zero-order valence-electron chi connectivity index (χ0n) is 11.7. The molecule has 0 radical (unpaired) electrons. The molecule has 1 aromatic carbocycles. The molecule has 5 nitrogen and oxygen atoms in total. The van der Waals surface area contributed by atoms with Crippen molar-refractivity contribution in [3.63, 3.8) is 0 Å². The smallest absolute Gasteiger partial charge is 0.341 e. The van der Waals surface area contributed by atoms with Crippen LogP contribution in [0.2, 0.25) is 0 Å². The lowest BCUT2D eigenvalue weighted by atomic mass is 10.2. The van der Waals surface area contributed by atoms with Crippen LogP contribution in [0.1, 0.15) is 21.7 Å². The standard InChI is InChI=1S/C15H15FN2O3/c1-9-5-12(20-2)7-11(18-9)8-21-15(19)13-4-3-10(17)6-14(13)16/h3-7H,8,17H2,1-2H3. The highest BCUT2D eigenvalue weighted by atomic mass is 19.1. The van der Waals surface area contributed by atoms with E-state index in [2.05, 4.69) is 4.98 Å². The van der Waals surface area contributed by atoms with E-state index in [1.54, 1.807) is 19.1 Å². The summed E-state index contributed by atoms with van der Waals surface area (Å²) in [7, 11) is 1.54. The van der Waals surface area contributed by atoms with E-state index in [0.717, 1.165) is 11.8 Å². The molecule has 0 saturated heterocycles. The first kappa shape index (κ1) is 14.8. The van der Waals surface area contributed by atoms with Gasteiger partial charge in [-0.05, 0) is 25.1 Å². The van der Waals surface area contributed by atoms with Crippen LogP contribution in [0.5, 0.6) is 5.75 Å². The van der Waals surface area contributed by atoms with Gasteiger partial charge in [-0.1, -0.05) is 0 Å². The van der Waals surface area contributed by atoms with Crippen molar-refractivity contribution >= 4 is 11.7 Å². The van der Waals surface area contributed by atoms with E-state index in [1.165, 1.54) is 19.2 Å². The first-order chi connectivity index (χ1) is 9.99. The van der Waals surface area contributed by atoms with E-state index in [1.807, 2.05) is 0 Å². The van der Waals surface area contributed by atoms with Crippen LogP contribution in [0, 0.1) is 12.7 Å². The van der Waals surface area contributed by atoms with Crippen LogP contribution in [0.25, 0.3) is 0 Å². The Bertz CT molecular complexity index is 674. The number of ether oxygens (including phenoxy) is 2. The Morgan fingerprint density at radius 3 is 2.76 bits per heavy atom. The molecule has 0 unspecified atom stereocenters. The summed E-state index contributed by atoms with van der Waals surface area (Å²) in [4.78, 5) is 16.0. The monoisotopic (exact) mass is 290 g/mol. The Labute approximate surface area is 121 Å². The molecule has 1 heterocycles. The van der Waals surface area contributed by atoms with E-state index in [4.69, 9.17) is 15.2 Å². The van der Waals surface area contributed by atoms with Gasteiger partial charge in [-0.3, -0.25) is 4.98 Å². The van der Waals surface area contributed by atoms with Gasteiger partial charge in [-0.15, -0.1) is 0 Å². The maximum atomic E-state index is 13.6. The van der Waals surface area contributed by atoms with E-state index >= 15 is 0 Å². The Hall–Kier alpha value is -2.63. The molecule has 0 aliphatic heterocycles. The van der Waals surface area contributed by atoms with Gasteiger partial charge in [-0.25, -0.2) is 9.18 Å². The molecule has 0 aliphatic rings. The zero-order chi connectivity index (χ0) is 15.4. The third kappa shape index (κ3) is 3.68. The Morgan fingerprint density at radius 1 is 1.33 bits per heavy atom. The van der Waals surface area contributed by atoms with Crippen molar-refractivity contribution < 1.29 is 18.7 Å². The van der Waals surface area contributed by atoms with Gasteiger partial charge in [0.15, 0.2) is 0 Å². The molecule has 0 amide bonds. The topological polar surface area (TPSA) is 74.4 Å². The second kappa shape index (κ2) is 6.21. The molecule has 2 N–H and O–H groups in total. The number of aromatic nitrogens is 1. The SMILES string of the molecule is COc1cc(C)nc(COC(=O)c2ccc(N)cc2F)c1. The van der Waals surface area contributed by atoms with Crippen molar-refractivity contribution in [2.75, 3.05) is 12.8 Å². The summed E-state index contributed by atoms with van der Waals surface area (Å²) in [5.74, 6) is -0.864. The number of halogens is 1. The van der Waals surface area contributed by atoms with Crippen molar-refractivity contribution in [2.24, 2.45) is 0 Å². The lowest BCUT2D eigenvalue weighted by molar-refractivity contribution is 0.0462. The van der Waals surface area contributed by atoms with Crippen molar-refractivity contribution in [1.29, 1.82) is 0 Å². The first-order valence-corrected chi connectivity index (χ1v) is 6.23. The number of anilines is 1. The minimum atomic E-state index is -0.769. The maximum absolute atomic E-state index is 13.6. The molecule has 2 rings (SSSR count). The number of carbonyl (C=O) groups excluding carboxylic acids is 1. The van der Waals surface area contributed by atoms with Crippen LogP contribution >= 0.6 is 0 Å². The molecule has 1 aromatic heterocycles. The second-order valence-electron chi connectivity index (χ2n) is 4.46. The Balaban J connectivity index is 2.09. The summed E-state index contributed by atoms with van der Waals surface area (Å²) in [6.07, 6.45) is 0. The van der Waals surface area contributed by atoms with E-state index < -0.39 is 11.8 Å². The third-order valence-corrected chi connectivity index (χ3v) is 2.78. The van der Waals surface area contributed by atoms with Crippen LogP contribution in [-0.4, -0.2) is 18.1 Å². The minimum absolute atomic E-state index is 0.0688. The van der Waals surface area contributed by atoms with Gasteiger partial charge in [0, 0.05) is 23.5 Å². The predicted octanol–water partition coefficient (Wildman–Crippen LogP) is 2.48. The lowest BCUT2D eigenvalue weighted by Gasteiger charge is -2.08. The van der Waals surface area contributed by atoms with Crippen molar-refractivity contribution in [1.82, 2.24) is 4.98 Å². The van der Waals surface area contributed by atoms with Crippen LogP contribution < -0.4 is 10.5 Å². The van der Waals surface area contributed by atoms with Crippen LogP contribution in [0.3, 0.4) is 0 Å². The summed E-state index contributed by atoms with van der Waals surface area (Å²) in [5, 5.41) is 0. The van der Waals surface area contributed by atoms with E-state index in [-0.39, 0.29) is 17.9 Å². The number of hydrogen-bond donors (Lipinski definition) is 1. The highest BCUT2D eigenvalue weighted by molar-refractivity contribution is 5.90. The van der Waals surface area contributed by atoms with Gasteiger partial charge in [-0.2, -0.15) is 0 Å². The number of pyridine rings is 1.